The molecule has 3 aliphatic rings. The Labute approximate surface area is 218 Å². The van der Waals surface area contributed by atoms with Crippen LogP contribution in [0.2, 0.25) is 0 Å². The summed E-state index contributed by atoms with van der Waals surface area (Å²) >= 11 is 0. The minimum absolute atomic E-state index is 0.00129. The fourth-order valence-corrected chi connectivity index (χ4v) is 5.32. The Morgan fingerprint density at radius 2 is 1.95 bits per heavy atom. The molecule has 0 aromatic heterocycles. The summed E-state index contributed by atoms with van der Waals surface area (Å²) in [4.78, 5) is 65.4. The lowest BCUT2D eigenvalue weighted by Crippen LogP contribution is -2.55. The van der Waals surface area contributed by atoms with E-state index in [2.05, 4.69) is 16.0 Å². The fraction of sp³-hybridized carbons (Fsp3) is 0.577. The largest absolute Gasteiger partial charge is 0.356 e. The standard InChI is InChI=1S/C26H32F2N4O6/c1-13-15-11-19(32(21(13)15)25(37)24(36)30-17-7-5-4-6-16(17)27)23(35)31-18(10-14-8-9-29-22(14)34)20(33)12-38-26(2,3)28/h4-7,13-15,18-19,21H,8-12H2,1-3H3,(H,29,34)(H,30,36)(H,31,35)/t13-,14+,15+,18+,19+,21-/m1/s1. The van der Waals surface area contributed by atoms with Gasteiger partial charge in [-0.1, -0.05) is 19.1 Å². The first-order chi connectivity index (χ1) is 17.9. The van der Waals surface area contributed by atoms with Crippen LogP contribution in [-0.4, -0.2) is 71.4 Å². The van der Waals surface area contributed by atoms with Crippen LogP contribution in [-0.2, 0) is 28.7 Å². The molecule has 38 heavy (non-hydrogen) atoms. The fourth-order valence-electron chi connectivity index (χ4n) is 5.32. The first-order valence-electron chi connectivity index (χ1n) is 12.7. The summed E-state index contributed by atoms with van der Waals surface area (Å²) < 4.78 is 32.8. The summed E-state index contributed by atoms with van der Waals surface area (Å²) in [6, 6.07) is 2.87. The van der Waals surface area contributed by atoms with Gasteiger partial charge in [-0.05, 0) is 57.1 Å². The number of hydrogen-bond donors (Lipinski definition) is 3. The van der Waals surface area contributed by atoms with Gasteiger partial charge in [0, 0.05) is 18.5 Å². The highest BCUT2D eigenvalue weighted by Crippen LogP contribution is 2.53. The van der Waals surface area contributed by atoms with Crippen LogP contribution in [0, 0.1) is 23.6 Å². The maximum absolute atomic E-state index is 14.0. The zero-order chi connectivity index (χ0) is 27.8. The van der Waals surface area contributed by atoms with Crippen molar-refractivity contribution in [3.63, 3.8) is 0 Å². The Hall–Kier alpha value is -3.41. The molecule has 2 aliphatic heterocycles. The van der Waals surface area contributed by atoms with Crippen molar-refractivity contribution in [1.29, 1.82) is 0 Å². The summed E-state index contributed by atoms with van der Waals surface area (Å²) in [5.41, 5.74) is -0.164. The van der Waals surface area contributed by atoms with Gasteiger partial charge in [-0.3, -0.25) is 24.0 Å². The van der Waals surface area contributed by atoms with Gasteiger partial charge < -0.3 is 25.6 Å². The normalized spacial score (nSPS) is 26.8. The minimum Gasteiger partial charge on any atom is -0.356 e. The molecule has 0 bridgehead atoms. The molecule has 12 heteroatoms. The number of likely N-dealkylation sites (tertiary alicyclic amines) is 1. The van der Waals surface area contributed by atoms with Crippen LogP contribution in [0.25, 0.3) is 0 Å². The molecule has 10 nitrogen and oxygen atoms in total. The molecule has 3 N–H and O–H groups in total. The van der Waals surface area contributed by atoms with Gasteiger partial charge in [0.25, 0.3) is 0 Å². The quantitative estimate of drug-likeness (QED) is 0.409. The number of ketones is 1. The van der Waals surface area contributed by atoms with Crippen LogP contribution in [0.5, 0.6) is 0 Å². The van der Waals surface area contributed by atoms with Gasteiger partial charge in [0.05, 0.1) is 11.7 Å². The van der Waals surface area contributed by atoms with Crippen molar-refractivity contribution in [2.45, 2.75) is 64.0 Å². The van der Waals surface area contributed by atoms with Crippen LogP contribution >= 0.6 is 0 Å². The van der Waals surface area contributed by atoms with Crippen molar-refractivity contribution in [2.24, 2.45) is 17.8 Å². The number of benzene rings is 1. The molecule has 0 radical (unpaired) electrons. The van der Waals surface area contributed by atoms with Gasteiger partial charge in [-0.2, -0.15) is 0 Å². The summed E-state index contributed by atoms with van der Waals surface area (Å²) in [6.45, 7) is 4.00. The Morgan fingerprint density at radius 3 is 2.58 bits per heavy atom. The topological polar surface area (TPSA) is 134 Å². The van der Waals surface area contributed by atoms with E-state index in [1.165, 1.54) is 23.1 Å². The molecule has 1 aromatic carbocycles. The van der Waals surface area contributed by atoms with Crippen molar-refractivity contribution in [3.8, 4) is 0 Å². The highest BCUT2D eigenvalue weighted by atomic mass is 19.2. The third-order valence-electron chi connectivity index (χ3n) is 7.46. The summed E-state index contributed by atoms with van der Waals surface area (Å²) in [5, 5.41) is 7.56. The smallest absolute Gasteiger partial charge is 0.314 e. The number of nitrogens with zero attached hydrogens (tertiary/aromatic N) is 1. The van der Waals surface area contributed by atoms with Crippen molar-refractivity contribution in [1.82, 2.24) is 15.5 Å². The molecule has 1 saturated carbocycles. The summed E-state index contributed by atoms with van der Waals surface area (Å²) in [6.07, 6.45) is 0.749. The number of carbonyl (C=O) groups excluding carboxylic acids is 5. The molecule has 1 aromatic rings. The number of rotatable bonds is 9. The average molecular weight is 535 g/mol. The average Bonchev–Trinajstić information content (AvgIpc) is 3.16. The maximum Gasteiger partial charge on any atom is 0.314 e. The number of carbonyl (C=O) groups is 5. The Balaban J connectivity index is 1.48. The van der Waals surface area contributed by atoms with Crippen LogP contribution in [0.4, 0.5) is 14.5 Å². The predicted molar refractivity (Wildman–Crippen MR) is 131 cm³/mol. The molecule has 0 unspecified atom stereocenters. The summed E-state index contributed by atoms with van der Waals surface area (Å²) in [5.74, 6) is -6.82. The first-order valence-corrected chi connectivity index (χ1v) is 12.7. The highest BCUT2D eigenvalue weighted by Gasteiger charge is 2.62. The number of alkyl halides is 1. The number of ether oxygens (including phenoxy) is 1. The lowest BCUT2D eigenvalue weighted by molar-refractivity contribution is -0.150. The van der Waals surface area contributed by atoms with E-state index in [-0.39, 0.29) is 42.3 Å². The van der Waals surface area contributed by atoms with Gasteiger partial charge in [-0.25, -0.2) is 8.78 Å². The van der Waals surface area contributed by atoms with Crippen LogP contribution in [0.3, 0.4) is 0 Å². The van der Waals surface area contributed by atoms with Crippen molar-refractivity contribution in [2.75, 3.05) is 18.5 Å². The maximum atomic E-state index is 14.0. The predicted octanol–water partition coefficient (Wildman–Crippen LogP) is 1.30. The molecular weight excluding hydrogens is 502 g/mol. The van der Waals surface area contributed by atoms with E-state index >= 15 is 0 Å². The Kier molecular flexibility index (Phi) is 7.82. The number of halogens is 2. The van der Waals surface area contributed by atoms with E-state index in [0.717, 1.165) is 19.9 Å². The third kappa shape index (κ3) is 6.01. The SMILES string of the molecule is C[C@@H]1[C@@H]2C[C@@H](C(=O)N[C@@H](C[C@@H]3CCNC3=O)C(=O)COC(C)(C)F)N(C(=O)C(=O)Nc3ccccc3F)[C@H]12. The molecule has 2 heterocycles. The van der Waals surface area contributed by atoms with Crippen LogP contribution in [0.1, 0.15) is 40.0 Å². The zero-order valence-electron chi connectivity index (χ0n) is 21.5. The van der Waals surface area contributed by atoms with Crippen molar-refractivity contribution in [3.05, 3.63) is 30.1 Å². The lowest BCUT2D eigenvalue weighted by Gasteiger charge is -2.29. The van der Waals surface area contributed by atoms with Gasteiger partial charge >= 0.3 is 11.8 Å². The molecule has 6 atom stereocenters. The van der Waals surface area contributed by atoms with E-state index in [4.69, 9.17) is 4.74 Å². The van der Waals surface area contributed by atoms with E-state index in [0.29, 0.717) is 13.0 Å². The number of Topliss-reactive ketones (excluding diaryl/α,β-unsaturated/α-hetero) is 1. The number of fused-ring (bicyclic) bond motifs is 1. The van der Waals surface area contributed by atoms with Gasteiger partial charge in [-0.15, -0.1) is 0 Å². The summed E-state index contributed by atoms with van der Waals surface area (Å²) in [7, 11) is 0. The molecule has 206 valence electrons. The molecule has 4 rings (SSSR count). The van der Waals surface area contributed by atoms with E-state index < -0.39 is 59.8 Å². The number of para-hydroxylation sites is 1. The monoisotopic (exact) mass is 534 g/mol. The second-order valence-corrected chi connectivity index (χ2v) is 10.6. The number of hydrogen-bond acceptors (Lipinski definition) is 6. The zero-order valence-corrected chi connectivity index (χ0v) is 21.5. The molecule has 0 spiro atoms. The number of amides is 4. The van der Waals surface area contributed by atoms with Crippen molar-refractivity contribution >= 4 is 35.1 Å². The molecule has 3 fully saturated rings. The second kappa shape index (κ2) is 10.8. The highest BCUT2D eigenvalue weighted by molar-refractivity contribution is 6.40. The second-order valence-electron chi connectivity index (χ2n) is 10.6. The molecule has 1 aliphatic carbocycles. The minimum atomic E-state index is -2.08. The molecular formula is C26H32F2N4O6. The molecule has 4 amide bonds. The Bertz CT molecular complexity index is 1140. The van der Waals surface area contributed by atoms with E-state index in [1.54, 1.807) is 0 Å². The number of anilines is 1. The van der Waals surface area contributed by atoms with Gasteiger partial charge in [0.2, 0.25) is 17.7 Å². The van der Waals surface area contributed by atoms with Gasteiger partial charge in [0.1, 0.15) is 18.5 Å². The van der Waals surface area contributed by atoms with Crippen LogP contribution in [0.15, 0.2) is 24.3 Å². The van der Waals surface area contributed by atoms with Gasteiger partial charge in [0.15, 0.2) is 5.78 Å². The van der Waals surface area contributed by atoms with Crippen LogP contribution < -0.4 is 16.0 Å². The lowest BCUT2D eigenvalue weighted by atomic mass is 9.95. The molecule has 2 saturated heterocycles. The van der Waals surface area contributed by atoms with E-state index in [1.807, 2.05) is 6.92 Å². The number of nitrogens with one attached hydrogen (secondary N) is 3. The third-order valence-corrected chi connectivity index (χ3v) is 7.46. The van der Waals surface area contributed by atoms with E-state index in [9.17, 15) is 32.8 Å². The number of piperidine rings is 1. The van der Waals surface area contributed by atoms with Crippen molar-refractivity contribution < 1.29 is 37.5 Å². The first kappa shape index (κ1) is 27.6. The Morgan fingerprint density at radius 1 is 1.24 bits per heavy atom.